The van der Waals surface area contributed by atoms with Gasteiger partial charge in [-0.1, -0.05) is 41.9 Å². The molecule has 0 atom stereocenters. The zero-order valence-corrected chi connectivity index (χ0v) is 9.89. The summed E-state index contributed by atoms with van der Waals surface area (Å²) in [5.41, 5.74) is 1.78. The number of nitrogens with zero attached hydrogens (tertiary/aromatic N) is 1. The topological polar surface area (TPSA) is 42.2 Å². The smallest absolute Gasteiger partial charge is 0.307 e. The Balaban J connectivity index is 2.18. The molecule has 0 aliphatic carbocycles. The molecule has 0 saturated heterocycles. The molecule has 0 bridgehead atoms. The van der Waals surface area contributed by atoms with Gasteiger partial charge < -0.3 is 9.67 Å². The van der Waals surface area contributed by atoms with Gasteiger partial charge in [0, 0.05) is 18.3 Å². The molecule has 0 aliphatic heterocycles. The summed E-state index contributed by atoms with van der Waals surface area (Å²) in [6.45, 7) is 0.652. The van der Waals surface area contributed by atoms with E-state index in [0.29, 0.717) is 17.3 Å². The number of hydrogen-bond donors (Lipinski definition) is 1. The van der Waals surface area contributed by atoms with E-state index in [1.807, 2.05) is 41.1 Å². The van der Waals surface area contributed by atoms with Gasteiger partial charge in [-0.05, 0) is 11.6 Å². The Kier molecular flexibility index (Phi) is 3.49. The van der Waals surface area contributed by atoms with Crippen LogP contribution in [0.15, 0.2) is 42.6 Å². The van der Waals surface area contributed by atoms with Crippen LogP contribution in [0.5, 0.6) is 0 Å². The summed E-state index contributed by atoms with van der Waals surface area (Å²) in [5.74, 6) is -0.871. The molecule has 0 aliphatic rings. The van der Waals surface area contributed by atoms with Gasteiger partial charge in [0.1, 0.15) is 5.15 Å². The van der Waals surface area contributed by atoms with Crippen LogP contribution in [0.1, 0.15) is 11.1 Å². The first-order chi connectivity index (χ1) is 8.16. The van der Waals surface area contributed by atoms with Gasteiger partial charge in [-0.25, -0.2) is 0 Å². The highest BCUT2D eigenvalue weighted by atomic mass is 35.5. The van der Waals surface area contributed by atoms with Crippen molar-refractivity contribution in [1.82, 2.24) is 4.57 Å². The highest BCUT2D eigenvalue weighted by Crippen LogP contribution is 2.19. The van der Waals surface area contributed by atoms with Crippen LogP contribution < -0.4 is 0 Å². The third-order valence-corrected chi connectivity index (χ3v) is 2.97. The minimum Gasteiger partial charge on any atom is -0.481 e. The Morgan fingerprint density at radius 1 is 1.24 bits per heavy atom. The molecule has 0 fully saturated rings. The molecule has 2 aromatic rings. The van der Waals surface area contributed by atoms with Crippen LogP contribution in [0.2, 0.25) is 5.15 Å². The summed E-state index contributed by atoms with van der Waals surface area (Å²) in [6.07, 6.45) is 1.77. The third-order valence-electron chi connectivity index (χ3n) is 2.51. The molecule has 1 aromatic carbocycles. The van der Waals surface area contributed by atoms with Crippen molar-refractivity contribution in [2.45, 2.75) is 13.0 Å². The lowest BCUT2D eigenvalue weighted by atomic mass is 10.2. The normalized spacial score (nSPS) is 10.4. The van der Waals surface area contributed by atoms with E-state index >= 15 is 0 Å². The molecular formula is C13H12ClNO2. The first-order valence-electron chi connectivity index (χ1n) is 5.26. The molecule has 2 rings (SSSR count). The van der Waals surface area contributed by atoms with E-state index in [0.717, 1.165) is 5.56 Å². The Hall–Kier alpha value is -1.74. The van der Waals surface area contributed by atoms with Crippen LogP contribution >= 0.6 is 11.6 Å². The van der Waals surface area contributed by atoms with Gasteiger partial charge in [0.05, 0.1) is 6.42 Å². The second-order valence-electron chi connectivity index (χ2n) is 3.82. The first kappa shape index (κ1) is 11.7. The molecule has 1 N–H and O–H groups in total. The lowest BCUT2D eigenvalue weighted by Crippen LogP contribution is -2.02. The molecule has 3 nitrogen and oxygen atoms in total. The number of aliphatic carboxylic acids is 1. The highest BCUT2D eigenvalue weighted by molar-refractivity contribution is 6.30. The fourth-order valence-electron chi connectivity index (χ4n) is 1.70. The van der Waals surface area contributed by atoms with Gasteiger partial charge in [-0.3, -0.25) is 4.79 Å². The van der Waals surface area contributed by atoms with Crippen molar-refractivity contribution in [3.05, 3.63) is 58.9 Å². The van der Waals surface area contributed by atoms with Crippen LogP contribution in [0, 0.1) is 0 Å². The summed E-state index contributed by atoms with van der Waals surface area (Å²) in [4.78, 5) is 10.6. The lowest BCUT2D eigenvalue weighted by molar-refractivity contribution is -0.136. The van der Waals surface area contributed by atoms with Crippen molar-refractivity contribution in [2.24, 2.45) is 0 Å². The van der Waals surface area contributed by atoms with E-state index in [9.17, 15) is 4.79 Å². The fourth-order valence-corrected chi connectivity index (χ4v) is 1.94. The molecule has 0 saturated carbocycles. The quantitative estimate of drug-likeness (QED) is 0.905. The second kappa shape index (κ2) is 5.06. The van der Waals surface area contributed by atoms with Gasteiger partial charge in [-0.2, -0.15) is 0 Å². The van der Waals surface area contributed by atoms with Gasteiger partial charge in [-0.15, -0.1) is 0 Å². The van der Waals surface area contributed by atoms with Crippen LogP contribution in [0.25, 0.3) is 0 Å². The Morgan fingerprint density at radius 2 is 1.94 bits per heavy atom. The van der Waals surface area contributed by atoms with Crippen LogP contribution in [0.4, 0.5) is 0 Å². The SMILES string of the molecule is O=C(O)Cc1ccn(Cc2ccccc2)c1Cl. The van der Waals surface area contributed by atoms with E-state index in [2.05, 4.69) is 0 Å². The first-order valence-corrected chi connectivity index (χ1v) is 5.64. The van der Waals surface area contributed by atoms with Crippen LogP contribution in [-0.4, -0.2) is 15.6 Å². The van der Waals surface area contributed by atoms with Crippen molar-refractivity contribution in [3.8, 4) is 0 Å². The average Bonchev–Trinajstić information content (AvgIpc) is 2.62. The molecule has 0 spiro atoms. The van der Waals surface area contributed by atoms with Crippen molar-refractivity contribution >= 4 is 17.6 Å². The monoisotopic (exact) mass is 249 g/mol. The standard InChI is InChI=1S/C13H12ClNO2/c14-13-11(8-12(16)17)6-7-15(13)9-10-4-2-1-3-5-10/h1-7H,8-9H2,(H,16,17). The predicted octanol–water partition coefficient (Wildman–Crippen LogP) is 2.82. The van der Waals surface area contributed by atoms with Gasteiger partial charge in [0.2, 0.25) is 0 Å². The van der Waals surface area contributed by atoms with Crippen LogP contribution in [-0.2, 0) is 17.8 Å². The van der Waals surface area contributed by atoms with Crippen molar-refractivity contribution in [2.75, 3.05) is 0 Å². The zero-order chi connectivity index (χ0) is 12.3. The number of carbonyl (C=O) groups is 1. The molecule has 4 heteroatoms. The molecular weight excluding hydrogens is 238 g/mol. The minimum atomic E-state index is -0.871. The number of carboxylic acid groups (broad SMARTS) is 1. The Morgan fingerprint density at radius 3 is 2.59 bits per heavy atom. The molecule has 17 heavy (non-hydrogen) atoms. The van der Waals surface area contributed by atoms with E-state index in [1.165, 1.54) is 0 Å². The largest absolute Gasteiger partial charge is 0.481 e. The van der Waals surface area contributed by atoms with Crippen molar-refractivity contribution in [3.63, 3.8) is 0 Å². The Bertz CT molecular complexity index is 519. The van der Waals surface area contributed by atoms with E-state index in [-0.39, 0.29) is 6.42 Å². The number of benzene rings is 1. The number of halogens is 1. The summed E-state index contributed by atoms with van der Waals surface area (Å²) < 4.78 is 1.84. The maximum atomic E-state index is 10.6. The zero-order valence-electron chi connectivity index (χ0n) is 9.14. The molecule has 1 aromatic heterocycles. The minimum absolute atomic E-state index is 0.0410. The lowest BCUT2D eigenvalue weighted by Gasteiger charge is -2.05. The third kappa shape index (κ3) is 2.88. The molecule has 1 heterocycles. The summed E-state index contributed by atoms with van der Waals surface area (Å²) in [6, 6.07) is 11.6. The maximum absolute atomic E-state index is 10.6. The molecule has 0 amide bonds. The van der Waals surface area contributed by atoms with Crippen molar-refractivity contribution < 1.29 is 9.90 Å². The average molecular weight is 250 g/mol. The number of rotatable bonds is 4. The summed E-state index contributed by atoms with van der Waals surface area (Å²) in [7, 11) is 0. The summed E-state index contributed by atoms with van der Waals surface area (Å²) >= 11 is 6.12. The second-order valence-corrected chi connectivity index (χ2v) is 4.17. The predicted molar refractivity (Wildman–Crippen MR) is 66.3 cm³/mol. The molecule has 0 unspecified atom stereocenters. The highest BCUT2D eigenvalue weighted by Gasteiger charge is 2.10. The molecule has 0 radical (unpaired) electrons. The number of hydrogen-bond acceptors (Lipinski definition) is 1. The van der Waals surface area contributed by atoms with Crippen molar-refractivity contribution in [1.29, 1.82) is 0 Å². The number of aromatic nitrogens is 1. The van der Waals surface area contributed by atoms with Gasteiger partial charge >= 0.3 is 5.97 Å². The van der Waals surface area contributed by atoms with E-state index in [4.69, 9.17) is 16.7 Å². The van der Waals surface area contributed by atoms with Crippen LogP contribution in [0.3, 0.4) is 0 Å². The van der Waals surface area contributed by atoms with E-state index in [1.54, 1.807) is 6.07 Å². The number of carboxylic acids is 1. The van der Waals surface area contributed by atoms with Gasteiger partial charge in [0.25, 0.3) is 0 Å². The van der Waals surface area contributed by atoms with E-state index < -0.39 is 5.97 Å². The summed E-state index contributed by atoms with van der Waals surface area (Å²) in [5, 5.41) is 9.22. The molecule has 88 valence electrons. The Labute approximate surface area is 104 Å². The fraction of sp³-hybridized carbons (Fsp3) is 0.154. The van der Waals surface area contributed by atoms with Gasteiger partial charge in [0.15, 0.2) is 0 Å². The maximum Gasteiger partial charge on any atom is 0.307 e.